The van der Waals surface area contributed by atoms with Crippen molar-refractivity contribution in [1.82, 2.24) is 10.3 Å². The Balaban J connectivity index is 2.67. The van der Waals surface area contributed by atoms with Crippen LogP contribution < -0.4 is 16.0 Å². The molecule has 3 N–H and O–H groups in total. The Kier molecular flexibility index (Phi) is 3.70. The number of likely N-dealkylation sites (N-methyl/N-ethyl adjacent to an activating group) is 2. The minimum absolute atomic E-state index is 0.0272. The lowest BCUT2D eigenvalue weighted by Crippen LogP contribution is -2.35. The second-order valence-electron chi connectivity index (χ2n) is 2.73. The van der Waals surface area contributed by atoms with E-state index in [9.17, 15) is 4.79 Å². The molecule has 6 heteroatoms. The van der Waals surface area contributed by atoms with E-state index >= 15 is 0 Å². The quantitative estimate of drug-likeness (QED) is 0.756. The fraction of sp³-hybridized carbons (Fsp3) is 0.500. The predicted molar refractivity (Wildman–Crippen MR) is 58.5 cm³/mol. The van der Waals surface area contributed by atoms with Crippen LogP contribution in [-0.2, 0) is 4.79 Å². The normalized spacial score (nSPS) is 9.86. The number of carbonyl (C=O) groups excluding carboxylic acids is 1. The maximum absolute atomic E-state index is 11.2. The highest BCUT2D eigenvalue weighted by Crippen LogP contribution is 2.23. The van der Waals surface area contributed by atoms with Crippen molar-refractivity contribution in [2.24, 2.45) is 0 Å². The molecule has 0 spiro atoms. The van der Waals surface area contributed by atoms with Gasteiger partial charge in [-0.1, -0.05) is 11.3 Å². The molecule has 1 aromatic rings. The zero-order chi connectivity index (χ0) is 10.6. The molecule has 0 fully saturated rings. The third kappa shape index (κ3) is 2.59. The summed E-state index contributed by atoms with van der Waals surface area (Å²) in [6.45, 7) is 3.03. The zero-order valence-electron chi connectivity index (χ0n) is 8.28. The fourth-order valence-electron chi connectivity index (χ4n) is 0.990. The van der Waals surface area contributed by atoms with Crippen molar-refractivity contribution in [2.75, 3.05) is 30.8 Å². The van der Waals surface area contributed by atoms with Crippen molar-refractivity contribution in [3.8, 4) is 0 Å². The Bertz CT molecular complexity index is 312. The number of aromatic nitrogens is 1. The Labute approximate surface area is 86.9 Å². The molecule has 0 radical (unpaired) electrons. The van der Waals surface area contributed by atoms with Gasteiger partial charge in [0.05, 0.1) is 12.7 Å². The molecule has 0 saturated heterocycles. The minimum atomic E-state index is -0.0272. The molecule has 0 aromatic carbocycles. The molecule has 0 saturated carbocycles. The van der Waals surface area contributed by atoms with Crippen LogP contribution in [0.2, 0.25) is 0 Å². The van der Waals surface area contributed by atoms with Crippen LogP contribution >= 0.6 is 11.3 Å². The van der Waals surface area contributed by atoms with E-state index in [1.807, 2.05) is 11.8 Å². The van der Waals surface area contributed by atoms with Gasteiger partial charge in [-0.05, 0) is 6.92 Å². The smallest absolute Gasteiger partial charge is 0.239 e. The van der Waals surface area contributed by atoms with Gasteiger partial charge in [0.25, 0.3) is 0 Å². The van der Waals surface area contributed by atoms with Crippen LogP contribution in [0.1, 0.15) is 6.92 Å². The largest absolute Gasteiger partial charge is 0.389 e. The summed E-state index contributed by atoms with van der Waals surface area (Å²) in [5.41, 5.74) is 5.56. The Hall–Kier alpha value is -1.30. The van der Waals surface area contributed by atoms with Gasteiger partial charge in [0.15, 0.2) is 5.13 Å². The van der Waals surface area contributed by atoms with Gasteiger partial charge in [-0.2, -0.15) is 0 Å². The highest BCUT2D eigenvalue weighted by Gasteiger charge is 2.11. The number of thiazole rings is 1. The molecular formula is C8H14N4OS. The van der Waals surface area contributed by atoms with Crippen LogP contribution in [0.25, 0.3) is 0 Å². The van der Waals surface area contributed by atoms with Gasteiger partial charge >= 0.3 is 0 Å². The first kappa shape index (κ1) is 10.8. The predicted octanol–water partition coefficient (Wildman–Crippen LogP) is 0.298. The van der Waals surface area contributed by atoms with E-state index in [1.165, 1.54) is 11.3 Å². The summed E-state index contributed by atoms with van der Waals surface area (Å²) < 4.78 is 0. The number of carbonyl (C=O) groups is 1. The third-order valence-electron chi connectivity index (χ3n) is 1.78. The first-order valence-electron chi connectivity index (χ1n) is 4.34. The van der Waals surface area contributed by atoms with Gasteiger partial charge in [-0.15, -0.1) is 0 Å². The highest BCUT2D eigenvalue weighted by atomic mass is 32.1. The zero-order valence-corrected chi connectivity index (χ0v) is 9.10. The SMILES string of the molecule is CCN(CC(=O)NC)c1ncc(N)s1. The van der Waals surface area contributed by atoms with Gasteiger partial charge in [-0.25, -0.2) is 4.98 Å². The molecule has 0 atom stereocenters. The molecule has 0 unspecified atom stereocenters. The van der Waals surface area contributed by atoms with Gasteiger partial charge < -0.3 is 16.0 Å². The number of nitrogen functional groups attached to an aromatic ring is 1. The van der Waals surface area contributed by atoms with Gasteiger partial charge in [0, 0.05) is 13.6 Å². The first-order chi connectivity index (χ1) is 6.67. The van der Waals surface area contributed by atoms with Crippen LogP contribution in [-0.4, -0.2) is 31.0 Å². The maximum atomic E-state index is 11.2. The number of amides is 1. The molecule has 0 aliphatic rings. The number of anilines is 2. The lowest BCUT2D eigenvalue weighted by molar-refractivity contribution is -0.119. The summed E-state index contributed by atoms with van der Waals surface area (Å²) in [4.78, 5) is 17.1. The average Bonchev–Trinajstić information content (AvgIpc) is 2.60. The van der Waals surface area contributed by atoms with E-state index in [4.69, 9.17) is 5.73 Å². The summed E-state index contributed by atoms with van der Waals surface area (Å²) in [5.74, 6) is -0.0272. The summed E-state index contributed by atoms with van der Waals surface area (Å²) >= 11 is 1.39. The van der Waals surface area contributed by atoms with Crippen molar-refractivity contribution in [3.05, 3.63) is 6.20 Å². The molecule has 0 aliphatic heterocycles. The molecule has 14 heavy (non-hydrogen) atoms. The van der Waals surface area contributed by atoms with E-state index in [2.05, 4.69) is 10.3 Å². The highest BCUT2D eigenvalue weighted by molar-refractivity contribution is 7.19. The topological polar surface area (TPSA) is 71.2 Å². The maximum Gasteiger partial charge on any atom is 0.239 e. The van der Waals surface area contributed by atoms with E-state index < -0.39 is 0 Å². The van der Waals surface area contributed by atoms with Crippen LogP contribution in [0.3, 0.4) is 0 Å². The number of nitrogens with one attached hydrogen (secondary N) is 1. The Morgan fingerprint density at radius 2 is 2.50 bits per heavy atom. The monoisotopic (exact) mass is 214 g/mol. The molecule has 78 valence electrons. The van der Waals surface area contributed by atoms with Crippen molar-refractivity contribution < 1.29 is 4.79 Å². The van der Waals surface area contributed by atoms with Crippen LogP contribution in [0.15, 0.2) is 6.20 Å². The standard InChI is InChI=1S/C8H14N4OS/c1-3-12(5-7(13)10-2)8-11-4-6(9)14-8/h4H,3,5,9H2,1-2H3,(H,10,13). The first-order valence-corrected chi connectivity index (χ1v) is 5.15. The molecule has 0 bridgehead atoms. The molecular weight excluding hydrogens is 200 g/mol. The summed E-state index contributed by atoms with van der Waals surface area (Å²) in [6, 6.07) is 0. The van der Waals surface area contributed by atoms with E-state index in [-0.39, 0.29) is 5.91 Å². The molecule has 1 aromatic heterocycles. The number of hydrogen-bond donors (Lipinski definition) is 2. The lowest BCUT2D eigenvalue weighted by Gasteiger charge is -2.17. The van der Waals surface area contributed by atoms with Crippen molar-refractivity contribution in [2.45, 2.75) is 6.92 Å². The van der Waals surface area contributed by atoms with Gasteiger partial charge in [-0.3, -0.25) is 4.79 Å². The number of rotatable bonds is 4. The Morgan fingerprint density at radius 3 is 2.93 bits per heavy atom. The van der Waals surface area contributed by atoms with Crippen LogP contribution in [0, 0.1) is 0 Å². The molecule has 5 nitrogen and oxygen atoms in total. The molecule has 1 rings (SSSR count). The lowest BCUT2D eigenvalue weighted by atomic mass is 10.5. The number of hydrogen-bond acceptors (Lipinski definition) is 5. The molecule has 0 aliphatic carbocycles. The summed E-state index contributed by atoms with van der Waals surface area (Å²) in [6.07, 6.45) is 1.60. The second kappa shape index (κ2) is 4.80. The van der Waals surface area contributed by atoms with Crippen molar-refractivity contribution in [1.29, 1.82) is 0 Å². The fourth-order valence-corrected chi connectivity index (χ4v) is 1.73. The van der Waals surface area contributed by atoms with Crippen LogP contribution in [0.5, 0.6) is 0 Å². The van der Waals surface area contributed by atoms with Crippen molar-refractivity contribution >= 4 is 27.4 Å². The Morgan fingerprint density at radius 1 is 1.79 bits per heavy atom. The third-order valence-corrected chi connectivity index (χ3v) is 2.66. The summed E-state index contributed by atoms with van der Waals surface area (Å²) in [5, 5.41) is 4.02. The van der Waals surface area contributed by atoms with Gasteiger partial charge in [0.1, 0.15) is 5.00 Å². The minimum Gasteiger partial charge on any atom is -0.389 e. The van der Waals surface area contributed by atoms with E-state index in [0.717, 1.165) is 11.7 Å². The average molecular weight is 214 g/mol. The molecule has 1 heterocycles. The number of nitrogens with two attached hydrogens (primary N) is 1. The summed E-state index contributed by atoms with van der Waals surface area (Å²) in [7, 11) is 1.62. The van der Waals surface area contributed by atoms with Crippen LogP contribution in [0.4, 0.5) is 10.1 Å². The van der Waals surface area contributed by atoms with E-state index in [0.29, 0.717) is 11.5 Å². The van der Waals surface area contributed by atoms with Gasteiger partial charge in [0.2, 0.25) is 5.91 Å². The van der Waals surface area contributed by atoms with Crippen molar-refractivity contribution in [3.63, 3.8) is 0 Å². The second-order valence-corrected chi connectivity index (χ2v) is 3.77. The molecule has 1 amide bonds. The number of nitrogens with zero attached hydrogens (tertiary/aromatic N) is 2. The van der Waals surface area contributed by atoms with E-state index in [1.54, 1.807) is 13.2 Å².